The van der Waals surface area contributed by atoms with Crippen molar-refractivity contribution in [3.05, 3.63) is 54.1 Å². The van der Waals surface area contributed by atoms with Gasteiger partial charge >= 0.3 is 0 Å². The zero-order valence-electron chi connectivity index (χ0n) is 18.2. The first-order chi connectivity index (χ1) is 14.2. The van der Waals surface area contributed by atoms with Gasteiger partial charge in [0.25, 0.3) is 0 Å². The Morgan fingerprint density at radius 1 is 0.724 bits per heavy atom. The molecule has 1 N–H and O–H groups in total. The topological polar surface area (TPSA) is 29.1 Å². The molecule has 0 saturated heterocycles. The molecule has 0 radical (unpaired) electrons. The molecule has 29 heavy (non-hydrogen) atoms. The molecule has 0 unspecified atom stereocenters. The fourth-order valence-corrected chi connectivity index (χ4v) is 4.28. The fourth-order valence-electron chi connectivity index (χ4n) is 3.37. The molecule has 0 aliphatic carbocycles. The first-order valence-corrected chi connectivity index (χ1v) is 12.3. The molecule has 2 nitrogen and oxygen atoms in total. The Morgan fingerprint density at radius 2 is 1.21 bits per heavy atom. The van der Waals surface area contributed by atoms with Crippen LogP contribution in [0, 0.1) is 0 Å². The minimum Gasteiger partial charge on any atom is -0.356 e. The van der Waals surface area contributed by atoms with Crippen LogP contribution in [0.3, 0.4) is 0 Å². The Balaban J connectivity index is 1.56. The van der Waals surface area contributed by atoms with Gasteiger partial charge in [-0.3, -0.25) is 4.79 Å². The largest absolute Gasteiger partial charge is 0.356 e. The number of Topliss-reactive ketones (excluding diaryl/α,β-unsaturated/α-hetero) is 1. The summed E-state index contributed by atoms with van der Waals surface area (Å²) in [6.45, 7) is 3.87. The van der Waals surface area contributed by atoms with Gasteiger partial charge < -0.3 is 5.32 Å². The number of carbonyl (C=O) groups is 1. The van der Waals surface area contributed by atoms with Crippen molar-refractivity contribution in [2.45, 2.75) is 83.0 Å². The first kappa shape index (κ1) is 23.5. The molecule has 2 aromatic rings. The summed E-state index contributed by atoms with van der Waals surface area (Å²) in [4.78, 5) is 12.7. The summed E-state index contributed by atoms with van der Waals surface area (Å²) in [7, 11) is 0. The van der Waals surface area contributed by atoms with Crippen molar-refractivity contribution in [1.82, 2.24) is 0 Å². The van der Waals surface area contributed by atoms with Gasteiger partial charge in [-0.1, -0.05) is 64.7 Å². The molecule has 3 heteroatoms. The minimum atomic E-state index is 0.0975. The van der Waals surface area contributed by atoms with Crippen molar-refractivity contribution in [3.63, 3.8) is 0 Å². The van der Waals surface area contributed by atoms with E-state index in [4.69, 9.17) is 0 Å². The highest BCUT2D eigenvalue weighted by Crippen LogP contribution is 2.24. The Bertz CT molecular complexity index is 694. The normalized spacial score (nSPS) is 10.8. The third-order valence-electron chi connectivity index (χ3n) is 5.20. The molecule has 2 rings (SSSR count). The highest BCUT2D eigenvalue weighted by atomic mass is 32.2. The maximum absolute atomic E-state index is 11.3. The summed E-state index contributed by atoms with van der Waals surface area (Å²) in [6, 6.07) is 16.2. The number of hydrogen-bond acceptors (Lipinski definition) is 3. The molecule has 0 saturated carbocycles. The van der Waals surface area contributed by atoms with Crippen molar-refractivity contribution in [2.24, 2.45) is 0 Å². The highest BCUT2D eigenvalue weighted by molar-refractivity contribution is 7.99. The number of unbranched alkanes of at least 4 members (excludes halogenated alkanes) is 9. The highest BCUT2D eigenvalue weighted by Gasteiger charge is 2.00. The Kier molecular flexibility index (Phi) is 11.6. The maximum atomic E-state index is 11.3. The lowest BCUT2D eigenvalue weighted by Gasteiger charge is -2.08. The van der Waals surface area contributed by atoms with Crippen LogP contribution in [-0.4, -0.2) is 11.5 Å². The summed E-state index contributed by atoms with van der Waals surface area (Å²) in [5, 5.41) is 3.39. The monoisotopic (exact) mass is 411 g/mol. The van der Waals surface area contributed by atoms with Gasteiger partial charge in [-0.05, 0) is 67.6 Å². The zero-order valence-corrected chi connectivity index (χ0v) is 19.0. The molecule has 0 spiro atoms. The third-order valence-corrected chi connectivity index (χ3v) is 6.30. The average Bonchev–Trinajstić information content (AvgIpc) is 2.73. The third kappa shape index (κ3) is 10.0. The predicted molar refractivity (Wildman–Crippen MR) is 129 cm³/mol. The molecular weight excluding hydrogens is 374 g/mol. The van der Waals surface area contributed by atoms with Crippen molar-refractivity contribution in [2.75, 3.05) is 11.1 Å². The molecule has 0 heterocycles. The summed E-state index contributed by atoms with van der Waals surface area (Å²) >= 11 is 1.95. The van der Waals surface area contributed by atoms with Gasteiger partial charge in [0, 0.05) is 21.8 Å². The van der Waals surface area contributed by atoms with Crippen molar-refractivity contribution >= 4 is 28.9 Å². The van der Waals surface area contributed by atoms with E-state index in [1.807, 2.05) is 36.0 Å². The molecule has 0 aliphatic heterocycles. The molecule has 158 valence electrons. The Hall–Kier alpha value is -1.74. The number of benzene rings is 2. The van der Waals surface area contributed by atoms with E-state index in [-0.39, 0.29) is 5.78 Å². The molecule has 0 fully saturated rings. The van der Waals surface area contributed by atoms with Gasteiger partial charge in [0.05, 0.1) is 0 Å². The van der Waals surface area contributed by atoms with Gasteiger partial charge in [0.15, 0.2) is 5.78 Å². The second kappa shape index (κ2) is 14.3. The van der Waals surface area contributed by atoms with Crippen LogP contribution in [0.5, 0.6) is 0 Å². The molecule has 0 bridgehead atoms. The van der Waals surface area contributed by atoms with Crippen molar-refractivity contribution in [1.29, 1.82) is 0 Å². The Labute approximate surface area is 181 Å². The van der Waals surface area contributed by atoms with E-state index in [1.54, 1.807) is 6.92 Å². The summed E-state index contributed by atoms with van der Waals surface area (Å²) in [5.74, 6) is 1.30. The van der Waals surface area contributed by atoms with Gasteiger partial charge in [-0.2, -0.15) is 0 Å². The van der Waals surface area contributed by atoms with Crippen LogP contribution in [0.2, 0.25) is 0 Å². The first-order valence-electron chi connectivity index (χ1n) is 11.3. The molecule has 0 aliphatic rings. The number of carbonyl (C=O) groups excluding carboxylic acids is 1. The zero-order chi connectivity index (χ0) is 20.7. The standard InChI is InChI=1S/C26H37NOS/c1-3-4-5-6-7-8-9-10-11-12-21-29-26-19-17-25(18-20-26)27-24-15-13-23(14-16-24)22(2)28/h13-20,27H,3-12,21H2,1-2H3. The number of rotatable bonds is 15. The molecule has 0 aromatic heterocycles. The van der Waals surface area contributed by atoms with Crippen molar-refractivity contribution < 1.29 is 4.79 Å². The van der Waals surface area contributed by atoms with Crippen LogP contribution in [-0.2, 0) is 0 Å². The van der Waals surface area contributed by atoms with E-state index in [0.717, 1.165) is 16.9 Å². The van der Waals surface area contributed by atoms with Crippen LogP contribution in [0.15, 0.2) is 53.4 Å². The Morgan fingerprint density at radius 3 is 1.72 bits per heavy atom. The van der Waals surface area contributed by atoms with E-state index < -0.39 is 0 Å². The van der Waals surface area contributed by atoms with Gasteiger partial charge in [-0.15, -0.1) is 11.8 Å². The number of nitrogens with one attached hydrogen (secondary N) is 1. The van der Waals surface area contributed by atoms with Crippen LogP contribution >= 0.6 is 11.8 Å². The fraction of sp³-hybridized carbons (Fsp3) is 0.500. The summed E-state index contributed by atoms with van der Waals surface area (Å²) < 4.78 is 0. The minimum absolute atomic E-state index is 0.0975. The quantitative estimate of drug-likeness (QED) is 0.181. The number of hydrogen-bond donors (Lipinski definition) is 1. The second-order valence-electron chi connectivity index (χ2n) is 7.81. The van der Waals surface area contributed by atoms with Gasteiger partial charge in [0.2, 0.25) is 0 Å². The van der Waals surface area contributed by atoms with E-state index in [0.29, 0.717) is 0 Å². The van der Waals surface area contributed by atoms with Gasteiger partial charge in [-0.25, -0.2) is 0 Å². The van der Waals surface area contributed by atoms with Crippen molar-refractivity contribution in [3.8, 4) is 0 Å². The van der Waals surface area contributed by atoms with E-state index in [1.165, 1.54) is 74.9 Å². The lowest BCUT2D eigenvalue weighted by atomic mass is 10.1. The molecular formula is C26H37NOS. The second-order valence-corrected chi connectivity index (χ2v) is 8.98. The van der Waals surface area contributed by atoms with E-state index in [9.17, 15) is 4.79 Å². The van der Waals surface area contributed by atoms with E-state index in [2.05, 4.69) is 36.5 Å². The lowest BCUT2D eigenvalue weighted by molar-refractivity contribution is 0.101. The molecule has 0 atom stereocenters. The maximum Gasteiger partial charge on any atom is 0.159 e. The smallest absolute Gasteiger partial charge is 0.159 e. The van der Waals surface area contributed by atoms with Crippen LogP contribution in [0.4, 0.5) is 11.4 Å². The van der Waals surface area contributed by atoms with Crippen LogP contribution in [0.25, 0.3) is 0 Å². The van der Waals surface area contributed by atoms with Crippen LogP contribution in [0.1, 0.15) is 88.4 Å². The SMILES string of the molecule is CCCCCCCCCCCCSc1ccc(Nc2ccc(C(C)=O)cc2)cc1. The number of anilines is 2. The summed E-state index contributed by atoms with van der Waals surface area (Å²) in [6.07, 6.45) is 13.9. The lowest BCUT2D eigenvalue weighted by Crippen LogP contribution is -1.94. The van der Waals surface area contributed by atoms with E-state index >= 15 is 0 Å². The molecule has 0 amide bonds. The predicted octanol–water partition coefficient (Wildman–Crippen LogP) is 8.65. The number of ketones is 1. The van der Waals surface area contributed by atoms with Gasteiger partial charge in [0.1, 0.15) is 0 Å². The van der Waals surface area contributed by atoms with Crippen LogP contribution < -0.4 is 5.32 Å². The average molecular weight is 412 g/mol. The number of thioether (sulfide) groups is 1. The molecule has 2 aromatic carbocycles. The summed E-state index contributed by atoms with van der Waals surface area (Å²) in [5.41, 5.74) is 2.82.